The van der Waals surface area contributed by atoms with E-state index < -0.39 is 6.09 Å². The molecule has 0 saturated heterocycles. The van der Waals surface area contributed by atoms with Crippen LogP contribution in [0.5, 0.6) is 0 Å². The van der Waals surface area contributed by atoms with E-state index in [-0.39, 0.29) is 31.0 Å². The first-order chi connectivity index (χ1) is 17.0. The zero-order valence-electron chi connectivity index (χ0n) is 19.3. The number of amides is 3. The van der Waals surface area contributed by atoms with Crippen molar-refractivity contribution in [3.63, 3.8) is 0 Å². The molecule has 0 aliphatic rings. The van der Waals surface area contributed by atoms with Crippen LogP contribution in [-0.4, -0.2) is 41.3 Å². The molecule has 3 rings (SSSR count). The normalized spacial score (nSPS) is 10.3. The van der Waals surface area contributed by atoms with Crippen molar-refractivity contribution in [2.45, 2.75) is 26.4 Å². The molecule has 0 radical (unpaired) electrons. The largest absolute Gasteiger partial charge is 0.450 e. The number of hydrogen-bond acceptors (Lipinski definition) is 6. The summed E-state index contributed by atoms with van der Waals surface area (Å²) in [7, 11) is 0. The van der Waals surface area contributed by atoms with Gasteiger partial charge in [0.25, 0.3) is 5.56 Å². The average Bonchev–Trinajstić information content (AvgIpc) is 2.85. The Morgan fingerprint density at radius 1 is 1.06 bits per heavy atom. The van der Waals surface area contributed by atoms with E-state index in [1.165, 1.54) is 10.7 Å². The zero-order chi connectivity index (χ0) is 25.0. The lowest BCUT2D eigenvalue weighted by Gasteiger charge is -2.10. The second-order valence-corrected chi connectivity index (χ2v) is 7.56. The Labute approximate surface area is 202 Å². The Bertz CT molecular complexity index is 1220. The molecule has 2 aromatic carbocycles. The van der Waals surface area contributed by atoms with Gasteiger partial charge in [-0.2, -0.15) is 5.10 Å². The number of rotatable bonds is 11. The summed E-state index contributed by atoms with van der Waals surface area (Å²) in [6.45, 7) is 2.89. The predicted molar refractivity (Wildman–Crippen MR) is 131 cm³/mol. The van der Waals surface area contributed by atoms with Crippen LogP contribution in [0.4, 0.5) is 10.5 Å². The molecule has 0 aliphatic heterocycles. The lowest BCUT2D eigenvalue weighted by molar-refractivity contribution is -0.121. The second-order valence-electron chi connectivity index (χ2n) is 7.56. The van der Waals surface area contributed by atoms with Gasteiger partial charge in [-0.25, -0.2) is 9.48 Å². The fourth-order valence-electron chi connectivity index (χ4n) is 3.25. The van der Waals surface area contributed by atoms with Gasteiger partial charge >= 0.3 is 6.09 Å². The van der Waals surface area contributed by atoms with Gasteiger partial charge in [0.05, 0.1) is 18.8 Å². The number of aromatic nitrogens is 2. The Hall–Kier alpha value is -4.47. The van der Waals surface area contributed by atoms with Gasteiger partial charge in [-0.1, -0.05) is 36.4 Å². The molecule has 0 aliphatic carbocycles. The fourth-order valence-corrected chi connectivity index (χ4v) is 3.25. The third kappa shape index (κ3) is 7.81. The Morgan fingerprint density at radius 3 is 2.60 bits per heavy atom. The molecular formula is C25H27N5O5. The molecule has 0 bridgehead atoms. The molecule has 10 nitrogen and oxygen atoms in total. The number of anilines is 1. The van der Waals surface area contributed by atoms with Gasteiger partial charge in [-0.3, -0.25) is 19.7 Å². The SMILES string of the molecule is CCOC(=O)Nc1cccc(Cn2nc(-c3ccc(CNC(=O)CCNC=O)cc3)ccc2=O)c1. The van der Waals surface area contributed by atoms with Crippen molar-refractivity contribution in [3.8, 4) is 11.3 Å². The highest BCUT2D eigenvalue weighted by atomic mass is 16.5. The molecule has 3 aromatic rings. The zero-order valence-corrected chi connectivity index (χ0v) is 19.3. The maximum Gasteiger partial charge on any atom is 0.411 e. The third-order valence-corrected chi connectivity index (χ3v) is 4.97. The van der Waals surface area contributed by atoms with Crippen LogP contribution in [-0.2, 0) is 27.4 Å². The Morgan fingerprint density at radius 2 is 1.86 bits per heavy atom. The van der Waals surface area contributed by atoms with Crippen LogP contribution in [0.1, 0.15) is 24.5 Å². The monoisotopic (exact) mass is 477 g/mol. The minimum absolute atomic E-state index is 0.154. The molecule has 1 heterocycles. The first-order valence-corrected chi connectivity index (χ1v) is 11.1. The average molecular weight is 478 g/mol. The number of carbonyl (C=O) groups excluding carboxylic acids is 3. The lowest BCUT2D eigenvalue weighted by Crippen LogP contribution is -2.26. The van der Waals surface area contributed by atoms with Crippen molar-refractivity contribution in [3.05, 3.63) is 82.1 Å². The van der Waals surface area contributed by atoms with Crippen LogP contribution in [0, 0.1) is 0 Å². The van der Waals surface area contributed by atoms with Crippen LogP contribution in [0.15, 0.2) is 65.5 Å². The van der Waals surface area contributed by atoms with E-state index in [4.69, 9.17) is 4.74 Å². The molecule has 182 valence electrons. The first-order valence-electron chi connectivity index (χ1n) is 11.1. The van der Waals surface area contributed by atoms with E-state index in [0.29, 0.717) is 30.9 Å². The number of ether oxygens (including phenoxy) is 1. The molecule has 3 N–H and O–H groups in total. The highest BCUT2D eigenvalue weighted by Gasteiger charge is 2.07. The quantitative estimate of drug-likeness (QED) is 0.287. The minimum Gasteiger partial charge on any atom is -0.450 e. The third-order valence-electron chi connectivity index (χ3n) is 4.97. The van der Waals surface area contributed by atoms with E-state index in [2.05, 4.69) is 21.0 Å². The van der Waals surface area contributed by atoms with Crippen LogP contribution >= 0.6 is 0 Å². The van der Waals surface area contributed by atoms with E-state index in [0.717, 1.165) is 16.7 Å². The van der Waals surface area contributed by atoms with E-state index >= 15 is 0 Å². The van der Waals surface area contributed by atoms with Gasteiger partial charge in [0.15, 0.2) is 0 Å². The molecular weight excluding hydrogens is 450 g/mol. The number of hydrogen-bond donors (Lipinski definition) is 3. The first kappa shape index (κ1) is 25.2. The summed E-state index contributed by atoms with van der Waals surface area (Å²) in [5.74, 6) is -0.154. The molecule has 35 heavy (non-hydrogen) atoms. The van der Waals surface area contributed by atoms with Crippen LogP contribution in [0.25, 0.3) is 11.3 Å². The van der Waals surface area contributed by atoms with E-state index in [1.54, 1.807) is 31.2 Å². The molecule has 3 amide bonds. The smallest absolute Gasteiger partial charge is 0.411 e. The summed E-state index contributed by atoms with van der Waals surface area (Å²) in [6.07, 6.45) is 0.230. The Balaban J connectivity index is 1.66. The molecule has 10 heteroatoms. The van der Waals surface area contributed by atoms with Crippen molar-refractivity contribution in [1.29, 1.82) is 0 Å². The standard InChI is InChI=1S/C25H27N5O5/c1-2-35-25(34)28-21-5-3-4-19(14-21)16-30-24(33)11-10-22(29-30)20-8-6-18(7-9-20)15-27-23(32)12-13-26-17-31/h3-11,14,17H,2,12-13,15-16H2,1H3,(H,26,31)(H,27,32)(H,28,34). The van der Waals surface area contributed by atoms with Crippen molar-refractivity contribution in [2.24, 2.45) is 0 Å². The highest BCUT2D eigenvalue weighted by molar-refractivity contribution is 5.84. The number of benzene rings is 2. The fraction of sp³-hybridized carbons (Fsp3) is 0.240. The molecule has 0 spiro atoms. The summed E-state index contributed by atoms with van der Waals surface area (Å²) < 4.78 is 6.25. The van der Waals surface area contributed by atoms with Crippen LogP contribution in [0.2, 0.25) is 0 Å². The van der Waals surface area contributed by atoms with E-state index in [1.807, 2.05) is 30.3 Å². The van der Waals surface area contributed by atoms with Gasteiger partial charge in [0.1, 0.15) is 0 Å². The summed E-state index contributed by atoms with van der Waals surface area (Å²) in [5.41, 5.74) is 3.46. The number of nitrogens with zero attached hydrogens (tertiary/aromatic N) is 2. The minimum atomic E-state index is -0.542. The van der Waals surface area contributed by atoms with Crippen molar-refractivity contribution < 1.29 is 19.1 Å². The van der Waals surface area contributed by atoms with Crippen molar-refractivity contribution in [1.82, 2.24) is 20.4 Å². The molecule has 0 fully saturated rings. The highest BCUT2D eigenvalue weighted by Crippen LogP contribution is 2.17. The van der Waals surface area contributed by atoms with Crippen molar-refractivity contribution in [2.75, 3.05) is 18.5 Å². The topological polar surface area (TPSA) is 131 Å². The molecule has 0 saturated carbocycles. The summed E-state index contributed by atoms with van der Waals surface area (Å²) in [6, 6.07) is 17.7. The summed E-state index contributed by atoms with van der Waals surface area (Å²) in [4.78, 5) is 46.0. The lowest BCUT2D eigenvalue weighted by atomic mass is 10.1. The molecule has 1 aromatic heterocycles. The maximum atomic E-state index is 12.4. The summed E-state index contributed by atoms with van der Waals surface area (Å²) in [5, 5.41) is 12.4. The van der Waals surface area contributed by atoms with Crippen LogP contribution in [0.3, 0.4) is 0 Å². The van der Waals surface area contributed by atoms with Crippen molar-refractivity contribution >= 4 is 24.1 Å². The van der Waals surface area contributed by atoms with Crippen LogP contribution < -0.4 is 21.5 Å². The second kappa shape index (κ2) is 12.7. The van der Waals surface area contributed by atoms with Gasteiger partial charge in [-0.05, 0) is 36.2 Å². The van der Waals surface area contributed by atoms with Gasteiger partial charge in [0.2, 0.25) is 12.3 Å². The molecule has 0 atom stereocenters. The molecule has 0 unspecified atom stereocenters. The number of carbonyl (C=O) groups is 3. The van der Waals surface area contributed by atoms with Gasteiger partial charge in [-0.15, -0.1) is 0 Å². The number of nitrogens with one attached hydrogen (secondary N) is 3. The maximum absolute atomic E-state index is 12.4. The van der Waals surface area contributed by atoms with E-state index in [9.17, 15) is 19.2 Å². The van der Waals surface area contributed by atoms with Gasteiger partial charge < -0.3 is 15.4 Å². The van der Waals surface area contributed by atoms with Gasteiger partial charge in [0, 0.05) is 36.8 Å². The Kier molecular flexibility index (Phi) is 9.12. The predicted octanol–water partition coefficient (Wildman–Crippen LogP) is 2.28. The summed E-state index contributed by atoms with van der Waals surface area (Å²) >= 11 is 0.